The van der Waals surface area contributed by atoms with Crippen LogP contribution in [0.3, 0.4) is 0 Å². The van der Waals surface area contributed by atoms with E-state index in [0.717, 1.165) is 24.2 Å². The summed E-state index contributed by atoms with van der Waals surface area (Å²) in [5.74, 6) is 0.582. The Labute approximate surface area is 199 Å². The van der Waals surface area contributed by atoms with Gasteiger partial charge in [-0.25, -0.2) is 4.79 Å². The molecule has 0 saturated carbocycles. The lowest BCUT2D eigenvalue weighted by Gasteiger charge is -2.07. The molecule has 176 valence electrons. The van der Waals surface area contributed by atoms with E-state index < -0.39 is 5.97 Å². The summed E-state index contributed by atoms with van der Waals surface area (Å²) in [5.41, 5.74) is 1.94. The number of esters is 1. The van der Waals surface area contributed by atoms with Gasteiger partial charge < -0.3 is 9.47 Å². The first-order chi connectivity index (χ1) is 16.2. The van der Waals surface area contributed by atoms with E-state index in [-0.39, 0.29) is 5.57 Å². The molecule has 0 spiro atoms. The zero-order valence-electron chi connectivity index (χ0n) is 20.1. The summed E-state index contributed by atoms with van der Waals surface area (Å²) in [6.45, 7) is 5.10. The van der Waals surface area contributed by atoms with Gasteiger partial charge in [0.15, 0.2) is 0 Å². The zero-order valence-corrected chi connectivity index (χ0v) is 20.1. The zero-order chi connectivity index (χ0) is 23.7. The summed E-state index contributed by atoms with van der Waals surface area (Å²) in [5, 5.41) is 9.44. The second-order valence-electron chi connectivity index (χ2n) is 8.35. The minimum atomic E-state index is -0.652. The molecule has 0 aliphatic rings. The number of aryl methyl sites for hydroxylation is 1. The van der Waals surface area contributed by atoms with E-state index in [2.05, 4.69) is 13.8 Å². The Morgan fingerprint density at radius 3 is 2.06 bits per heavy atom. The van der Waals surface area contributed by atoms with Crippen LogP contribution in [0, 0.1) is 11.3 Å². The third-order valence-electron chi connectivity index (χ3n) is 5.50. The molecule has 0 fully saturated rings. The average molecular weight is 448 g/mol. The van der Waals surface area contributed by atoms with Crippen LogP contribution >= 0.6 is 0 Å². The lowest BCUT2D eigenvalue weighted by atomic mass is 10.1. The van der Waals surface area contributed by atoms with Crippen molar-refractivity contribution in [1.82, 2.24) is 0 Å². The Morgan fingerprint density at radius 2 is 1.42 bits per heavy atom. The highest BCUT2D eigenvalue weighted by atomic mass is 16.5. The van der Waals surface area contributed by atoms with Gasteiger partial charge in [-0.2, -0.15) is 5.26 Å². The maximum Gasteiger partial charge on any atom is 0.354 e. The van der Waals surface area contributed by atoms with Crippen LogP contribution in [-0.2, 0) is 11.2 Å². The smallest absolute Gasteiger partial charge is 0.354 e. The van der Waals surface area contributed by atoms with Crippen molar-refractivity contribution in [3.05, 3.63) is 65.2 Å². The second-order valence-corrected chi connectivity index (χ2v) is 8.35. The maximum absolute atomic E-state index is 12.5. The van der Waals surface area contributed by atoms with Crippen LogP contribution in [0.15, 0.2) is 54.1 Å². The highest BCUT2D eigenvalue weighted by Crippen LogP contribution is 2.18. The minimum absolute atomic E-state index is 0.0387. The standard InChI is InChI=1S/C29H37NO3/c1-3-5-7-9-10-12-24-13-19-28(20-14-24)33-29(31)26(23-30)22-25-15-17-27(18-16-25)32-21-11-8-6-4-2/h13-20,22H,3-12,21H2,1-2H3. The fourth-order valence-corrected chi connectivity index (χ4v) is 3.50. The van der Waals surface area contributed by atoms with Crippen molar-refractivity contribution in [2.24, 2.45) is 0 Å². The van der Waals surface area contributed by atoms with Crippen molar-refractivity contribution in [2.75, 3.05) is 6.61 Å². The van der Waals surface area contributed by atoms with Gasteiger partial charge in [-0.1, -0.05) is 83.1 Å². The summed E-state index contributed by atoms with van der Waals surface area (Å²) in [6.07, 6.45) is 13.4. The first-order valence-electron chi connectivity index (χ1n) is 12.3. The fraction of sp³-hybridized carbons (Fsp3) is 0.448. The minimum Gasteiger partial charge on any atom is -0.494 e. The predicted octanol–water partition coefficient (Wildman–Crippen LogP) is 7.67. The SMILES string of the molecule is CCCCCCCc1ccc(OC(=O)C(C#N)=Cc2ccc(OCCCCCC)cc2)cc1. The van der Waals surface area contributed by atoms with Crippen molar-refractivity contribution >= 4 is 12.0 Å². The molecule has 0 aliphatic carbocycles. The van der Waals surface area contributed by atoms with Crippen LogP contribution in [0.25, 0.3) is 6.08 Å². The largest absolute Gasteiger partial charge is 0.494 e. The summed E-state index contributed by atoms with van der Waals surface area (Å²) < 4.78 is 11.1. The van der Waals surface area contributed by atoms with Crippen molar-refractivity contribution in [3.63, 3.8) is 0 Å². The van der Waals surface area contributed by atoms with Crippen molar-refractivity contribution in [3.8, 4) is 17.6 Å². The number of unbranched alkanes of at least 4 members (excludes halogenated alkanes) is 7. The molecule has 0 saturated heterocycles. The van der Waals surface area contributed by atoms with Crippen LogP contribution in [0.5, 0.6) is 11.5 Å². The van der Waals surface area contributed by atoms with Crippen LogP contribution in [0.1, 0.15) is 82.8 Å². The van der Waals surface area contributed by atoms with Gasteiger partial charge in [-0.3, -0.25) is 0 Å². The quantitative estimate of drug-likeness (QED) is 0.0924. The highest BCUT2D eigenvalue weighted by molar-refractivity contribution is 5.99. The number of carbonyl (C=O) groups is 1. The lowest BCUT2D eigenvalue weighted by molar-refractivity contribution is -0.129. The van der Waals surface area contributed by atoms with E-state index >= 15 is 0 Å². The third kappa shape index (κ3) is 10.4. The fourth-order valence-electron chi connectivity index (χ4n) is 3.50. The summed E-state index contributed by atoms with van der Waals surface area (Å²) in [4.78, 5) is 12.5. The summed E-state index contributed by atoms with van der Waals surface area (Å²) in [7, 11) is 0. The molecule has 0 bridgehead atoms. The molecular formula is C29H37NO3. The van der Waals surface area contributed by atoms with Gasteiger partial charge in [0.05, 0.1) is 6.61 Å². The molecule has 0 radical (unpaired) electrons. The molecule has 2 aromatic rings. The number of nitrogens with zero attached hydrogens (tertiary/aromatic N) is 1. The normalized spacial score (nSPS) is 11.1. The van der Waals surface area contributed by atoms with Crippen molar-refractivity contribution in [1.29, 1.82) is 5.26 Å². The predicted molar refractivity (Wildman–Crippen MR) is 134 cm³/mol. The molecule has 4 nitrogen and oxygen atoms in total. The van der Waals surface area contributed by atoms with Gasteiger partial charge >= 0.3 is 5.97 Å². The maximum atomic E-state index is 12.5. The van der Waals surface area contributed by atoms with Gasteiger partial charge in [-0.05, 0) is 60.7 Å². The Hall–Kier alpha value is -3.06. The molecule has 0 heterocycles. The third-order valence-corrected chi connectivity index (χ3v) is 5.50. The molecule has 33 heavy (non-hydrogen) atoms. The van der Waals surface area contributed by atoms with E-state index in [9.17, 15) is 10.1 Å². The number of ether oxygens (including phenoxy) is 2. The molecule has 4 heteroatoms. The molecular weight excluding hydrogens is 410 g/mol. The first-order valence-corrected chi connectivity index (χ1v) is 12.3. The monoisotopic (exact) mass is 447 g/mol. The van der Waals surface area contributed by atoms with Crippen LogP contribution in [0.2, 0.25) is 0 Å². The second kappa shape index (κ2) is 15.7. The molecule has 0 aliphatic heterocycles. The Kier molecular flexibility index (Phi) is 12.5. The molecule has 0 aromatic heterocycles. The summed E-state index contributed by atoms with van der Waals surface area (Å²) in [6, 6.07) is 16.9. The topological polar surface area (TPSA) is 59.3 Å². The molecule has 2 rings (SSSR count). The Bertz CT molecular complexity index is 892. The van der Waals surface area contributed by atoms with E-state index in [1.807, 2.05) is 42.5 Å². The van der Waals surface area contributed by atoms with E-state index in [0.29, 0.717) is 12.4 Å². The molecule has 0 atom stereocenters. The Morgan fingerprint density at radius 1 is 0.818 bits per heavy atom. The highest BCUT2D eigenvalue weighted by Gasteiger charge is 2.12. The van der Waals surface area contributed by atoms with Gasteiger partial charge in [0.1, 0.15) is 23.1 Å². The number of hydrogen-bond acceptors (Lipinski definition) is 4. The van der Waals surface area contributed by atoms with Gasteiger partial charge in [0.25, 0.3) is 0 Å². The van der Waals surface area contributed by atoms with Gasteiger partial charge in [-0.15, -0.1) is 0 Å². The van der Waals surface area contributed by atoms with Crippen molar-refractivity contribution < 1.29 is 14.3 Å². The lowest BCUT2D eigenvalue weighted by Crippen LogP contribution is -2.10. The van der Waals surface area contributed by atoms with Crippen LogP contribution in [-0.4, -0.2) is 12.6 Å². The number of nitriles is 1. The Balaban J connectivity index is 1.85. The number of hydrogen-bond donors (Lipinski definition) is 0. The molecule has 2 aromatic carbocycles. The van der Waals surface area contributed by atoms with Gasteiger partial charge in [0, 0.05) is 0 Å². The molecule has 0 amide bonds. The molecule has 0 N–H and O–H groups in total. The average Bonchev–Trinajstić information content (AvgIpc) is 2.84. The van der Waals surface area contributed by atoms with Crippen LogP contribution < -0.4 is 9.47 Å². The van der Waals surface area contributed by atoms with E-state index in [4.69, 9.17) is 9.47 Å². The van der Waals surface area contributed by atoms with Crippen LogP contribution in [0.4, 0.5) is 0 Å². The number of benzene rings is 2. The number of rotatable bonds is 15. The first kappa shape index (κ1) is 26.2. The van der Waals surface area contributed by atoms with Crippen molar-refractivity contribution in [2.45, 2.75) is 78.1 Å². The van der Waals surface area contributed by atoms with E-state index in [1.54, 1.807) is 12.1 Å². The van der Waals surface area contributed by atoms with E-state index in [1.165, 1.54) is 63.0 Å². The molecule has 0 unspecified atom stereocenters. The number of carbonyl (C=O) groups excluding carboxylic acids is 1. The van der Waals surface area contributed by atoms with Gasteiger partial charge in [0.2, 0.25) is 0 Å². The summed E-state index contributed by atoms with van der Waals surface area (Å²) >= 11 is 0.